The van der Waals surface area contributed by atoms with Crippen LogP contribution in [0.2, 0.25) is 0 Å². The van der Waals surface area contributed by atoms with E-state index in [1.54, 1.807) is 32.9 Å². The minimum absolute atomic E-state index is 0. The summed E-state index contributed by atoms with van der Waals surface area (Å²) in [5.41, 5.74) is 5.65. The number of nitrogens with two attached hydrogens (primary N) is 1. The molecule has 0 aromatic heterocycles. The highest BCUT2D eigenvalue weighted by Crippen LogP contribution is 2.20. The summed E-state index contributed by atoms with van der Waals surface area (Å²) in [6, 6.07) is 7.24. The first-order valence-electron chi connectivity index (χ1n) is 6.79. The van der Waals surface area contributed by atoms with Gasteiger partial charge in [0.25, 0.3) is 0 Å². The largest absolute Gasteiger partial charge is 0.466 e. The average molecular weight is 394 g/mol. The van der Waals surface area contributed by atoms with Crippen LogP contribution >= 0.6 is 28.3 Å². The Hall–Kier alpha value is -1.11. The predicted molar refractivity (Wildman–Crippen MR) is 91.7 cm³/mol. The van der Waals surface area contributed by atoms with Crippen LogP contribution in [0.15, 0.2) is 28.7 Å². The zero-order chi connectivity index (χ0) is 16.0. The summed E-state index contributed by atoms with van der Waals surface area (Å²) < 4.78 is 5.81. The minimum Gasteiger partial charge on any atom is -0.466 e. The summed E-state index contributed by atoms with van der Waals surface area (Å²) in [6.45, 7) is 5.60. The molecule has 7 heteroatoms. The number of hydrogen-bond acceptors (Lipinski definition) is 4. The number of amides is 1. The number of esters is 1. The van der Waals surface area contributed by atoms with E-state index in [1.165, 1.54) is 0 Å². The Morgan fingerprint density at radius 2 is 1.91 bits per heavy atom. The third-order valence-electron chi connectivity index (χ3n) is 3.17. The summed E-state index contributed by atoms with van der Waals surface area (Å²) in [6.07, 6.45) is 0. The van der Waals surface area contributed by atoms with E-state index in [1.807, 2.05) is 12.1 Å². The first kappa shape index (κ1) is 20.9. The lowest BCUT2D eigenvalue weighted by atomic mass is 9.92. The van der Waals surface area contributed by atoms with Crippen LogP contribution in [0.5, 0.6) is 0 Å². The maximum atomic E-state index is 12.2. The molecule has 1 amide bonds. The molecule has 1 aromatic rings. The standard InChI is InChI=1S/C15H21BrN2O3.ClH/c1-4-21-13(19)10(2)9-18-14(20)15(3,17)11-5-7-12(16)8-6-11;/h5-8,10H,4,9,17H2,1-3H3,(H,18,20);1H. The Kier molecular flexibility index (Phi) is 8.66. The van der Waals surface area contributed by atoms with E-state index < -0.39 is 11.5 Å². The molecule has 0 aliphatic heterocycles. The van der Waals surface area contributed by atoms with Crippen LogP contribution in [-0.4, -0.2) is 25.0 Å². The van der Waals surface area contributed by atoms with Crippen LogP contribution < -0.4 is 11.1 Å². The van der Waals surface area contributed by atoms with Crippen molar-refractivity contribution in [3.63, 3.8) is 0 Å². The number of carbonyl (C=O) groups excluding carboxylic acids is 2. The smallest absolute Gasteiger partial charge is 0.310 e. The fourth-order valence-corrected chi connectivity index (χ4v) is 1.99. The molecular weight excluding hydrogens is 372 g/mol. The Bertz CT molecular complexity index is 506. The fraction of sp³-hybridized carbons (Fsp3) is 0.467. The van der Waals surface area contributed by atoms with Crippen LogP contribution in [0.1, 0.15) is 26.3 Å². The van der Waals surface area contributed by atoms with Crippen LogP contribution in [0.3, 0.4) is 0 Å². The summed E-state index contributed by atoms with van der Waals surface area (Å²) in [5.74, 6) is -1.07. The van der Waals surface area contributed by atoms with E-state index in [2.05, 4.69) is 21.2 Å². The average Bonchev–Trinajstić information content (AvgIpc) is 2.44. The first-order chi connectivity index (χ1) is 9.78. The van der Waals surface area contributed by atoms with Gasteiger partial charge in [0.2, 0.25) is 5.91 Å². The Balaban J connectivity index is 0.00000441. The van der Waals surface area contributed by atoms with Gasteiger partial charge in [-0.2, -0.15) is 0 Å². The second-order valence-corrected chi connectivity index (χ2v) is 5.99. The lowest BCUT2D eigenvalue weighted by molar-refractivity contribution is -0.147. The number of carbonyl (C=O) groups is 2. The van der Waals surface area contributed by atoms with Crippen molar-refractivity contribution in [1.29, 1.82) is 0 Å². The van der Waals surface area contributed by atoms with Gasteiger partial charge < -0.3 is 15.8 Å². The maximum Gasteiger partial charge on any atom is 0.310 e. The lowest BCUT2D eigenvalue weighted by Gasteiger charge is -2.25. The van der Waals surface area contributed by atoms with Gasteiger partial charge in [0.05, 0.1) is 12.5 Å². The van der Waals surface area contributed by atoms with Gasteiger partial charge in [0, 0.05) is 11.0 Å². The number of halogens is 2. The molecule has 0 heterocycles. The number of rotatable bonds is 6. The van der Waals surface area contributed by atoms with Gasteiger partial charge in [0.1, 0.15) is 5.54 Å². The molecule has 0 fully saturated rings. The van der Waals surface area contributed by atoms with E-state index in [-0.39, 0.29) is 30.8 Å². The lowest BCUT2D eigenvalue weighted by Crippen LogP contribution is -2.50. The molecule has 5 nitrogen and oxygen atoms in total. The Morgan fingerprint density at radius 1 is 1.36 bits per heavy atom. The normalized spacial score (nSPS) is 14.2. The highest BCUT2D eigenvalue weighted by molar-refractivity contribution is 9.10. The van der Waals surface area contributed by atoms with Crippen molar-refractivity contribution in [3.05, 3.63) is 34.3 Å². The third kappa shape index (κ3) is 5.59. The second-order valence-electron chi connectivity index (χ2n) is 5.07. The molecule has 1 aromatic carbocycles. The zero-order valence-corrected chi connectivity index (χ0v) is 15.3. The highest BCUT2D eigenvalue weighted by atomic mass is 79.9. The summed E-state index contributed by atoms with van der Waals surface area (Å²) in [7, 11) is 0. The first-order valence-corrected chi connectivity index (χ1v) is 7.58. The van der Waals surface area contributed by atoms with Crippen molar-refractivity contribution < 1.29 is 14.3 Å². The minimum atomic E-state index is -1.16. The molecule has 0 spiro atoms. The molecule has 3 N–H and O–H groups in total. The summed E-state index contributed by atoms with van der Waals surface area (Å²) in [5, 5.41) is 2.70. The molecular formula is C15H22BrClN2O3. The van der Waals surface area contributed by atoms with Gasteiger partial charge in [-0.25, -0.2) is 0 Å². The molecule has 22 heavy (non-hydrogen) atoms. The molecule has 0 aliphatic carbocycles. The predicted octanol–water partition coefficient (Wildman–Crippen LogP) is 2.36. The maximum absolute atomic E-state index is 12.2. The Labute approximate surface area is 145 Å². The SMILES string of the molecule is CCOC(=O)C(C)CNC(=O)C(C)(N)c1ccc(Br)cc1.Cl. The zero-order valence-electron chi connectivity index (χ0n) is 12.9. The molecule has 0 saturated heterocycles. The van der Waals surface area contributed by atoms with E-state index >= 15 is 0 Å². The van der Waals surface area contributed by atoms with Crippen molar-refractivity contribution in [3.8, 4) is 0 Å². The number of nitrogens with one attached hydrogen (secondary N) is 1. The van der Waals surface area contributed by atoms with Gasteiger partial charge >= 0.3 is 5.97 Å². The van der Waals surface area contributed by atoms with Gasteiger partial charge in [0.15, 0.2) is 0 Å². The Morgan fingerprint density at radius 3 is 2.41 bits per heavy atom. The highest BCUT2D eigenvalue weighted by Gasteiger charge is 2.31. The molecule has 0 radical (unpaired) electrons. The molecule has 0 saturated carbocycles. The molecule has 0 aliphatic rings. The van der Waals surface area contributed by atoms with Crippen molar-refractivity contribution in [2.45, 2.75) is 26.3 Å². The van der Waals surface area contributed by atoms with E-state index in [9.17, 15) is 9.59 Å². The summed E-state index contributed by atoms with van der Waals surface area (Å²) >= 11 is 3.34. The third-order valence-corrected chi connectivity index (χ3v) is 3.70. The van der Waals surface area contributed by atoms with Gasteiger partial charge in [-0.1, -0.05) is 35.0 Å². The molecule has 1 rings (SSSR count). The van der Waals surface area contributed by atoms with Gasteiger partial charge in [-0.3, -0.25) is 9.59 Å². The van der Waals surface area contributed by atoms with Crippen LogP contribution in [-0.2, 0) is 19.9 Å². The van der Waals surface area contributed by atoms with E-state index in [0.717, 1.165) is 4.47 Å². The van der Waals surface area contributed by atoms with Crippen molar-refractivity contribution in [1.82, 2.24) is 5.32 Å². The van der Waals surface area contributed by atoms with Crippen LogP contribution in [0, 0.1) is 5.92 Å². The topological polar surface area (TPSA) is 81.4 Å². The van der Waals surface area contributed by atoms with Crippen molar-refractivity contribution in [2.75, 3.05) is 13.2 Å². The van der Waals surface area contributed by atoms with Crippen molar-refractivity contribution >= 4 is 40.2 Å². The van der Waals surface area contributed by atoms with Crippen LogP contribution in [0.4, 0.5) is 0 Å². The number of hydrogen-bond donors (Lipinski definition) is 2. The van der Waals surface area contributed by atoms with Crippen molar-refractivity contribution in [2.24, 2.45) is 11.7 Å². The molecule has 0 bridgehead atoms. The van der Waals surface area contributed by atoms with Gasteiger partial charge in [-0.15, -0.1) is 12.4 Å². The monoisotopic (exact) mass is 392 g/mol. The number of ether oxygens (including phenoxy) is 1. The number of benzene rings is 1. The fourth-order valence-electron chi connectivity index (χ4n) is 1.72. The quantitative estimate of drug-likeness (QED) is 0.727. The molecule has 2 atom stereocenters. The van der Waals surface area contributed by atoms with E-state index in [4.69, 9.17) is 10.5 Å². The van der Waals surface area contributed by atoms with Crippen LogP contribution in [0.25, 0.3) is 0 Å². The summed E-state index contributed by atoms with van der Waals surface area (Å²) in [4.78, 5) is 23.7. The molecule has 124 valence electrons. The second kappa shape index (κ2) is 9.12. The molecule has 2 unspecified atom stereocenters. The van der Waals surface area contributed by atoms with Gasteiger partial charge in [-0.05, 0) is 31.5 Å². The van der Waals surface area contributed by atoms with E-state index in [0.29, 0.717) is 12.2 Å².